The molecule has 0 unspecified atom stereocenters. The molecule has 1 aliphatic rings. The summed E-state index contributed by atoms with van der Waals surface area (Å²) in [7, 11) is 3.02. The third-order valence-corrected chi connectivity index (χ3v) is 9.59. The third kappa shape index (κ3) is 7.10. The van der Waals surface area contributed by atoms with Crippen molar-refractivity contribution in [1.82, 2.24) is 20.1 Å². The van der Waals surface area contributed by atoms with E-state index >= 15 is 0 Å². The number of nitrogens with zero attached hydrogens (tertiary/aromatic N) is 3. The number of ether oxygens (including phenoxy) is 3. The second-order valence-electron chi connectivity index (χ2n) is 10.00. The quantitative estimate of drug-likeness (QED) is 0.144. The van der Waals surface area contributed by atoms with E-state index in [2.05, 4.69) is 20.8 Å². The first kappa shape index (κ1) is 32.3. The molecule has 0 aliphatic heterocycles. The number of hydrogen-bond acceptors (Lipinski definition) is 10. The van der Waals surface area contributed by atoms with Crippen LogP contribution in [0.4, 0.5) is 5.00 Å². The molecule has 2 aromatic carbocycles. The highest BCUT2D eigenvalue weighted by Crippen LogP contribution is 2.40. The number of hydrogen-bond donors (Lipinski definition) is 2. The topological polar surface area (TPSA) is 134 Å². The second-order valence-corrected chi connectivity index (χ2v) is 12.8. The van der Waals surface area contributed by atoms with Gasteiger partial charge in [-0.2, -0.15) is 0 Å². The lowest BCUT2D eigenvalue weighted by Gasteiger charge is -2.15. The van der Waals surface area contributed by atoms with E-state index in [1.54, 1.807) is 54.8 Å². The van der Waals surface area contributed by atoms with Crippen LogP contribution in [0.2, 0.25) is 5.02 Å². The van der Waals surface area contributed by atoms with Gasteiger partial charge in [-0.15, -0.1) is 21.5 Å². The molecule has 45 heavy (non-hydrogen) atoms. The molecule has 2 amide bonds. The monoisotopic (exact) mass is 669 g/mol. The predicted octanol–water partition coefficient (Wildman–Crippen LogP) is 5.71. The van der Waals surface area contributed by atoms with Crippen molar-refractivity contribution in [2.45, 2.75) is 50.1 Å². The summed E-state index contributed by atoms with van der Waals surface area (Å²) in [6, 6.07) is 12.0. The summed E-state index contributed by atoms with van der Waals surface area (Å²) < 4.78 is 17.6. The van der Waals surface area contributed by atoms with Gasteiger partial charge in [-0.05, 0) is 75.1 Å². The van der Waals surface area contributed by atoms with Crippen molar-refractivity contribution >= 4 is 57.5 Å². The molecule has 14 heteroatoms. The average Bonchev–Trinajstić information content (AvgIpc) is 3.74. The molecule has 0 spiro atoms. The molecule has 0 bridgehead atoms. The molecule has 11 nitrogen and oxygen atoms in total. The number of halogens is 1. The third-order valence-electron chi connectivity index (χ3n) is 7.11. The van der Waals surface area contributed by atoms with Gasteiger partial charge in [-0.3, -0.25) is 14.2 Å². The standard InChI is InChI=1S/C31H32ClN5O6S2/c1-5-43-30(40)26-21-10-7-11-24(21)45-29(26)34-27(38)17(2)44-31-36-35-25(37(31)20-9-6-8-19(32)15-20)16-33-28(39)18-12-13-22(41-3)23(14-18)42-4/h6,8-9,12-15,17H,5,7,10-11,16H2,1-4H3,(H,33,39)(H,34,38)/t17-/m1/s1. The van der Waals surface area contributed by atoms with Gasteiger partial charge in [-0.25, -0.2) is 4.79 Å². The summed E-state index contributed by atoms with van der Waals surface area (Å²) >= 11 is 8.94. The highest BCUT2D eigenvalue weighted by molar-refractivity contribution is 8.00. The van der Waals surface area contributed by atoms with Crippen LogP contribution in [0.1, 0.15) is 57.2 Å². The van der Waals surface area contributed by atoms with Gasteiger partial charge in [0.15, 0.2) is 22.5 Å². The maximum atomic E-state index is 13.4. The number of fused-ring (bicyclic) bond motifs is 1. The minimum Gasteiger partial charge on any atom is -0.493 e. The Kier molecular flexibility index (Phi) is 10.3. The molecule has 2 aromatic heterocycles. The van der Waals surface area contributed by atoms with Crippen LogP contribution in [-0.2, 0) is 28.9 Å². The van der Waals surface area contributed by atoms with Crippen molar-refractivity contribution < 1.29 is 28.6 Å². The number of benzene rings is 2. The molecule has 1 aliphatic carbocycles. The van der Waals surface area contributed by atoms with Crippen LogP contribution in [-0.4, -0.2) is 58.6 Å². The van der Waals surface area contributed by atoms with Crippen LogP contribution in [0.15, 0.2) is 47.6 Å². The summed E-state index contributed by atoms with van der Waals surface area (Å²) in [5, 5.41) is 15.3. The van der Waals surface area contributed by atoms with Gasteiger partial charge < -0.3 is 24.8 Å². The van der Waals surface area contributed by atoms with Crippen LogP contribution in [0, 0.1) is 0 Å². The molecule has 0 fully saturated rings. The Morgan fingerprint density at radius 1 is 1.09 bits per heavy atom. The summed E-state index contributed by atoms with van der Waals surface area (Å²) in [4.78, 5) is 40.3. The fourth-order valence-electron chi connectivity index (χ4n) is 4.94. The lowest BCUT2D eigenvalue weighted by molar-refractivity contribution is -0.115. The maximum Gasteiger partial charge on any atom is 0.341 e. The van der Waals surface area contributed by atoms with E-state index in [-0.39, 0.29) is 25.0 Å². The molecule has 4 aromatic rings. The number of thioether (sulfide) groups is 1. The van der Waals surface area contributed by atoms with Gasteiger partial charge in [-0.1, -0.05) is 29.4 Å². The number of esters is 1. The van der Waals surface area contributed by atoms with E-state index in [4.69, 9.17) is 25.8 Å². The number of nitrogens with one attached hydrogen (secondary N) is 2. The number of methoxy groups -OCH3 is 2. The Hall–Kier alpha value is -4.07. The highest BCUT2D eigenvalue weighted by Gasteiger charge is 2.30. The molecule has 0 saturated carbocycles. The van der Waals surface area contributed by atoms with Crippen molar-refractivity contribution in [3.63, 3.8) is 0 Å². The van der Waals surface area contributed by atoms with Gasteiger partial charge in [0.1, 0.15) is 5.00 Å². The number of anilines is 1. The fourth-order valence-corrected chi connectivity index (χ4v) is 7.29. The minimum atomic E-state index is -0.617. The number of aryl methyl sites for hydroxylation is 1. The first-order valence-electron chi connectivity index (χ1n) is 14.2. The Morgan fingerprint density at radius 3 is 2.62 bits per heavy atom. The SMILES string of the molecule is CCOC(=O)c1c(NC(=O)[C@@H](C)Sc2nnc(CNC(=O)c3ccc(OC)c(OC)c3)n2-c2cccc(Cl)c2)sc2c1CCC2. The van der Waals surface area contributed by atoms with Crippen LogP contribution in [0.5, 0.6) is 11.5 Å². The van der Waals surface area contributed by atoms with Crippen molar-refractivity contribution in [2.24, 2.45) is 0 Å². The van der Waals surface area contributed by atoms with Gasteiger partial charge in [0, 0.05) is 15.5 Å². The number of amides is 2. The van der Waals surface area contributed by atoms with Crippen molar-refractivity contribution in [1.29, 1.82) is 0 Å². The molecule has 5 rings (SSSR count). The molecule has 0 radical (unpaired) electrons. The number of thiophene rings is 1. The lowest BCUT2D eigenvalue weighted by Crippen LogP contribution is -2.25. The molecule has 2 N–H and O–H groups in total. The molecular formula is C31H32ClN5O6S2. The van der Waals surface area contributed by atoms with Crippen LogP contribution in [0.25, 0.3) is 5.69 Å². The first-order valence-corrected chi connectivity index (χ1v) is 16.3. The summed E-state index contributed by atoms with van der Waals surface area (Å²) in [6.45, 7) is 3.80. The average molecular weight is 670 g/mol. The lowest BCUT2D eigenvalue weighted by atomic mass is 10.1. The van der Waals surface area contributed by atoms with E-state index in [0.717, 1.165) is 29.7 Å². The fraction of sp³-hybridized carbons (Fsp3) is 0.323. The van der Waals surface area contributed by atoms with Crippen LogP contribution >= 0.6 is 34.7 Å². The van der Waals surface area contributed by atoms with E-state index in [0.29, 0.717) is 49.3 Å². The Bertz CT molecular complexity index is 1740. The number of carbonyl (C=O) groups is 3. The van der Waals surface area contributed by atoms with E-state index < -0.39 is 11.2 Å². The maximum absolute atomic E-state index is 13.4. The van der Waals surface area contributed by atoms with Crippen molar-refractivity contribution in [2.75, 3.05) is 26.1 Å². The van der Waals surface area contributed by atoms with Crippen LogP contribution < -0.4 is 20.1 Å². The van der Waals surface area contributed by atoms with E-state index in [9.17, 15) is 14.4 Å². The molecule has 2 heterocycles. The zero-order valence-electron chi connectivity index (χ0n) is 25.1. The molecule has 1 atom stereocenters. The van der Waals surface area contributed by atoms with Crippen LogP contribution in [0.3, 0.4) is 0 Å². The second kappa shape index (κ2) is 14.4. The van der Waals surface area contributed by atoms with Gasteiger partial charge >= 0.3 is 5.97 Å². The summed E-state index contributed by atoms with van der Waals surface area (Å²) in [5.41, 5.74) is 2.46. The number of rotatable bonds is 12. The number of carbonyl (C=O) groups excluding carboxylic acids is 3. The Balaban J connectivity index is 1.36. The smallest absolute Gasteiger partial charge is 0.341 e. The molecular weight excluding hydrogens is 638 g/mol. The first-order chi connectivity index (χ1) is 21.7. The van der Waals surface area contributed by atoms with E-state index in [1.165, 1.54) is 37.3 Å². The van der Waals surface area contributed by atoms with Gasteiger partial charge in [0.2, 0.25) is 5.91 Å². The largest absolute Gasteiger partial charge is 0.493 e. The molecule has 0 saturated heterocycles. The Morgan fingerprint density at radius 2 is 1.89 bits per heavy atom. The zero-order chi connectivity index (χ0) is 32.1. The Labute approximate surface area is 273 Å². The van der Waals surface area contributed by atoms with Gasteiger partial charge in [0.25, 0.3) is 5.91 Å². The predicted molar refractivity (Wildman–Crippen MR) is 173 cm³/mol. The summed E-state index contributed by atoms with van der Waals surface area (Å²) in [5.74, 6) is 0.302. The highest BCUT2D eigenvalue weighted by atomic mass is 35.5. The normalized spacial score (nSPS) is 12.7. The molecule has 236 valence electrons. The number of aromatic nitrogens is 3. The zero-order valence-corrected chi connectivity index (χ0v) is 27.5. The van der Waals surface area contributed by atoms with E-state index in [1.807, 2.05) is 6.07 Å². The summed E-state index contributed by atoms with van der Waals surface area (Å²) in [6.07, 6.45) is 2.64. The van der Waals surface area contributed by atoms with Gasteiger partial charge in [0.05, 0.1) is 43.9 Å². The van der Waals surface area contributed by atoms with Crippen molar-refractivity contribution in [3.05, 3.63) is 74.9 Å². The minimum absolute atomic E-state index is 0.0392. The van der Waals surface area contributed by atoms with Crippen molar-refractivity contribution in [3.8, 4) is 17.2 Å².